The highest BCUT2D eigenvalue weighted by Gasteiger charge is 2.27. The predicted molar refractivity (Wildman–Crippen MR) is 98.0 cm³/mol. The van der Waals surface area contributed by atoms with Crippen LogP contribution in [-0.2, 0) is 11.3 Å². The average molecular weight is 355 g/mol. The average Bonchev–Trinajstić information content (AvgIpc) is 2.68. The molecule has 6 heteroatoms. The van der Waals surface area contributed by atoms with Crippen LogP contribution in [0.5, 0.6) is 0 Å². The van der Waals surface area contributed by atoms with Gasteiger partial charge in [-0.15, -0.1) is 0 Å². The monoisotopic (exact) mass is 355 g/mol. The molecular weight excluding hydrogens is 333 g/mol. The Morgan fingerprint density at radius 2 is 1.65 bits per heavy atom. The number of nitrogens with one attached hydrogen (secondary N) is 2. The Balaban J connectivity index is 1.45. The molecule has 2 N–H and O–H groups in total. The third-order valence-electron chi connectivity index (χ3n) is 4.58. The van der Waals surface area contributed by atoms with Gasteiger partial charge in [-0.1, -0.05) is 36.4 Å². The number of anilines is 1. The Hall–Kier alpha value is -2.89. The number of carbonyl (C=O) groups is 2. The smallest absolute Gasteiger partial charge is 0.317 e. The van der Waals surface area contributed by atoms with Gasteiger partial charge < -0.3 is 15.5 Å². The lowest BCUT2D eigenvalue weighted by Gasteiger charge is -2.31. The number of urea groups is 1. The number of piperidine rings is 1. The van der Waals surface area contributed by atoms with E-state index in [1.165, 1.54) is 6.07 Å². The zero-order valence-electron chi connectivity index (χ0n) is 14.5. The van der Waals surface area contributed by atoms with Gasteiger partial charge in [-0.3, -0.25) is 4.79 Å². The molecule has 2 aromatic rings. The molecule has 1 aliphatic heterocycles. The normalized spacial score (nSPS) is 14.7. The van der Waals surface area contributed by atoms with Crippen molar-refractivity contribution in [2.24, 2.45) is 5.92 Å². The predicted octanol–water partition coefficient (Wildman–Crippen LogP) is 3.39. The molecule has 136 valence electrons. The van der Waals surface area contributed by atoms with Crippen molar-refractivity contribution in [3.05, 3.63) is 66.0 Å². The van der Waals surface area contributed by atoms with Crippen molar-refractivity contribution in [3.63, 3.8) is 0 Å². The minimum atomic E-state index is -0.330. The van der Waals surface area contributed by atoms with E-state index >= 15 is 0 Å². The number of likely N-dealkylation sites (tertiary alicyclic amines) is 1. The van der Waals surface area contributed by atoms with Gasteiger partial charge in [0, 0.05) is 36.8 Å². The van der Waals surface area contributed by atoms with Crippen LogP contribution in [0.15, 0.2) is 54.6 Å². The van der Waals surface area contributed by atoms with Gasteiger partial charge in [-0.25, -0.2) is 9.18 Å². The van der Waals surface area contributed by atoms with Gasteiger partial charge >= 0.3 is 6.03 Å². The quantitative estimate of drug-likeness (QED) is 0.883. The molecule has 0 unspecified atom stereocenters. The fraction of sp³-hybridized carbons (Fsp3) is 0.300. The van der Waals surface area contributed by atoms with Gasteiger partial charge in [0.05, 0.1) is 0 Å². The number of rotatable bonds is 4. The number of benzene rings is 2. The first-order valence-corrected chi connectivity index (χ1v) is 8.75. The van der Waals surface area contributed by atoms with Crippen molar-refractivity contribution in [2.45, 2.75) is 19.4 Å². The van der Waals surface area contributed by atoms with Crippen LogP contribution in [0.2, 0.25) is 0 Å². The lowest BCUT2D eigenvalue weighted by Crippen LogP contribution is -2.45. The molecule has 1 aliphatic rings. The van der Waals surface area contributed by atoms with Crippen LogP contribution in [0.1, 0.15) is 18.4 Å². The second-order valence-corrected chi connectivity index (χ2v) is 6.37. The second kappa shape index (κ2) is 8.47. The fourth-order valence-corrected chi connectivity index (χ4v) is 3.03. The van der Waals surface area contributed by atoms with Crippen LogP contribution in [0.3, 0.4) is 0 Å². The van der Waals surface area contributed by atoms with E-state index in [2.05, 4.69) is 10.6 Å². The maximum atomic E-state index is 13.6. The van der Waals surface area contributed by atoms with E-state index in [0.29, 0.717) is 31.5 Å². The molecule has 0 spiro atoms. The molecule has 0 atom stereocenters. The minimum Gasteiger partial charge on any atom is -0.334 e. The molecule has 0 radical (unpaired) electrons. The number of nitrogens with zero attached hydrogens (tertiary/aromatic N) is 1. The van der Waals surface area contributed by atoms with E-state index < -0.39 is 0 Å². The first-order chi connectivity index (χ1) is 12.6. The summed E-state index contributed by atoms with van der Waals surface area (Å²) in [5, 5.41) is 5.65. The standard InChI is InChI=1S/C20H22FN3O2/c21-18-9-5-4-6-16(18)14-22-20(26)24-12-10-15(11-13-24)19(25)23-17-7-2-1-3-8-17/h1-9,15H,10-14H2,(H,22,26)(H,23,25). The summed E-state index contributed by atoms with van der Waals surface area (Å²) in [4.78, 5) is 26.2. The van der Waals surface area contributed by atoms with Gasteiger partial charge in [-0.05, 0) is 31.0 Å². The van der Waals surface area contributed by atoms with Crippen LogP contribution in [0.25, 0.3) is 0 Å². The van der Waals surface area contributed by atoms with E-state index in [9.17, 15) is 14.0 Å². The van der Waals surface area contributed by atoms with Crippen LogP contribution >= 0.6 is 0 Å². The summed E-state index contributed by atoms with van der Waals surface area (Å²) in [5.74, 6) is -0.447. The van der Waals surface area contributed by atoms with Gasteiger partial charge in [0.2, 0.25) is 5.91 Å². The molecule has 2 aromatic carbocycles. The van der Waals surface area contributed by atoms with E-state index in [-0.39, 0.29) is 30.2 Å². The zero-order chi connectivity index (χ0) is 18.4. The van der Waals surface area contributed by atoms with Gasteiger partial charge in [-0.2, -0.15) is 0 Å². The number of hydrogen-bond donors (Lipinski definition) is 2. The maximum absolute atomic E-state index is 13.6. The van der Waals surface area contributed by atoms with Gasteiger partial charge in [0.25, 0.3) is 0 Å². The summed E-state index contributed by atoms with van der Waals surface area (Å²) in [6.45, 7) is 1.17. The Morgan fingerprint density at radius 3 is 2.35 bits per heavy atom. The number of para-hydroxylation sites is 1. The third kappa shape index (κ3) is 4.59. The summed E-state index contributed by atoms with van der Waals surface area (Å²) >= 11 is 0. The van der Waals surface area contributed by atoms with Crippen molar-refractivity contribution in [1.82, 2.24) is 10.2 Å². The lowest BCUT2D eigenvalue weighted by molar-refractivity contribution is -0.121. The molecule has 0 bridgehead atoms. The number of hydrogen-bond acceptors (Lipinski definition) is 2. The Bertz CT molecular complexity index is 759. The van der Waals surface area contributed by atoms with Crippen molar-refractivity contribution in [3.8, 4) is 0 Å². The molecule has 3 amide bonds. The zero-order valence-corrected chi connectivity index (χ0v) is 14.5. The van der Waals surface area contributed by atoms with Crippen molar-refractivity contribution >= 4 is 17.6 Å². The molecule has 26 heavy (non-hydrogen) atoms. The van der Waals surface area contributed by atoms with Crippen LogP contribution in [0, 0.1) is 11.7 Å². The first-order valence-electron chi connectivity index (χ1n) is 8.75. The molecular formula is C20H22FN3O2. The minimum absolute atomic E-state index is 0.0115. The van der Waals surface area contributed by atoms with E-state index in [1.807, 2.05) is 30.3 Å². The summed E-state index contributed by atoms with van der Waals surface area (Å²) in [6, 6.07) is 15.5. The summed E-state index contributed by atoms with van der Waals surface area (Å²) in [5.41, 5.74) is 1.24. The largest absolute Gasteiger partial charge is 0.334 e. The van der Waals surface area contributed by atoms with Crippen LogP contribution in [0.4, 0.5) is 14.9 Å². The highest BCUT2D eigenvalue weighted by molar-refractivity contribution is 5.92. The SMILES string of the molecule is O=C(Nc1ccccc1)C1CCN(C(=O)NCc2ccccc2F)CC1. The molecule has 0 aromatic heterocycles. The second-order valence-electron chi connectivity index (χ2n) is 6.37. The van der Waals surface area contributed by atoms with Crippen molar-refractivity contribution in [2.75, 3.05) is 18.4 Å². The fourth-order valence-electron chi connectivity index (χ4n) is 3.03. The van der Waals surface area contributed by atoms with Gasteiger partial charge in [0.15, 0.2) is 0 Å². The summed E-state index contributed by atoms with van der Waals surface area (Å²) < 4.78 is 13.6. The molecule has 0 aliphatic carbocycles. The molecule has 3 rings (SSSR count). The van der Waals surface area contributed by atoms with Crippen molar-refractivity contribution in [1.29, 1.82) is 0 Å². The molecule has 1 fully saturated rings. The Kier molecular flexibility index (Phi) is 5.84. The number of carbonyl (C=O) groups excluding carboxylic acids is 2. The number of amides is 3. The highest BCUT2D eigenvalue weighted by Crippen LogP contribution is 2.19. The molecule has 5 nitrogen and oxygen atoms in total. The van der Waals surface area contributed by atoms with E-state index in [4.69, 9.17) is 0 Å². The first kappa shape index (κ1) is 17.9. The maximum Gasteiger partial charge on any atom is 0.317 e. The van der Waals surface area contributed by atoms with E-state index in [0.717, 1.165) is 5.69 Å². The van der Waals surface area contributed by atoms with E-state index in [1.54, 1.807) is 23.1 Å². The lowest BCUT2D eigenvalue weighted by atomic mass is 9.96. The summed E-state index contributed by atoms with van der Waals surface area (Å²) in [6.07, 6.45) is 1.23. The topological polar surface area (TPSA) is 61.4 Å². The molecule has 0 saturated carbocycles. The highest BCUT2D eigenvalue weighted by atomic mass is 19.1. The Labute approximate surface area is 152 Å². The Morgan fingerprint density at radius 1 is 1.00 bits per heavy atom. The molecule has 1 saturated heterocycles. The van der Waals surface area contributed by atoms with Crippen LogP contribution < -0.4 is 10.6 Å². The molecule has 1 heterocycles. The van der Waals surface area contributed by atoms with Crippen LogP contribution in [-0.4, -0.2) is 29.9 Å². The number of halogens is 1. The van der Waals surface area contributed by atoms with Crippen molar-refractivity contribution < 1.29 is 14.0 Å². The third-order valence-corrected chi connectivity index (χ3v) is 4.58. The summed E-state index contributed by atoms with van der Waals surface area (Å²) in [7, 11) is 0. The van der Waals surface area contributed by atoms with Gasteiger partial charge in [0.1, 0.15) is 5.82 Å².